The van der Waals surface area contributed by atoms with Crippen molar-refractivity contribution in [2.24, 2.45) is 0 Å². The van der Waals surface area contributed by atoms with E-state index in [0.717, 1.165) is 18.6 Å². The Morgan fingerprint density at radius 1 is 1.33 bits per heavy atom. The molecule has 27 heavy (non-hydrogen) atoms. The Morgan fingerprint density at radius 3 is 2.93 bits per heavy atom. The van der Waals surface area contributed by atoms with Gasteiger partial charge in [0.05, 0.1) is 5.69 Å². The number of carbonyl (C=O) groups is 1. The summed E-state index contributed by atoms with van der Waals surface area (Å²) in [6, 6.07) is 3.81. The number of nitrogens with one attached hydrogen (secondary N) is 1. The van der Waals surface area contributed by atoms with Gasteiger partial charge in [0, 0.05) is 24.4 Å². The molecule has 140 valence electrons. The van der Waals surface area contributed by atoms with E-state index in [1.807, 2.05) is 0 Å². The molecule has 1 N–H and O–H groups in total. The smallest absolute Gasteiger partial charge is 0.275 e. The second kappa shape index (κ2) is 6.69. The van der Waals surface area contributed by atoms with E-state index in [1.54, 1.807) is 11.8 Å². The van der Waals surface area contributed by atoms with E-state index in [0.29, 0.717) is 28.8 Å². The average molecular weight is 391 g/mol. The summed E-state index contributed by atoms with van der Waals surface area (Å²) in [5.41, 5.74) is 0.234. The number of anilines is 2. The van der Waals surface area contributed by atoms with E-state index in [4.69, 9.17) is 0 Å². The molecule has 1 aliphatic rings. The molecule has 10 heteroatoms. The van der Waals surface area contributed by atoms with Crippen molar-refractivity contribution in [2.45, 2.75) is 25.8 Å². The first-order valence-electron chi connectivity index (χ1n) is 8.32. The van der Waals surface area contributed by atoms with Crippen LogP contribution < -0.4 is 15.8 Å². The Kier molecular flexibility index (Phi) is 4.34. The van der Waals surface area contributed by atoms with Crippen LogP contribution in [-0.2, 0) is 4.79 Å². The third-order valence-corrected chi connectivity index (χ3v) is 5.30. The number of aryl methyl sites for hydroxylation is 1. The molecule has 4 rings (SSSR count). The van der Waals surface area contributed by atoms with Crippen LogP contribution in [0.15, 0.2) is 29.1 Å². The molecule has 1 amide bonds. The lowest BCUT2D eigenvalue weighted by Gasteiger charge is -2.22. The molecule has 7 nitrogen and oxygen atoms in total. The fourth-order valence-corrected chi connectivity index (χ4v) is 4.13. The van der Waals surface area contributed by atoms with E-state index in [2.05, 4.69) is 15.4 Å². The molecule has 1 fully saturated rings. The highest BCUT2D eigenvalue weighted by Crippen LogP contribution is 2.30. The highest BCUT2D eigenvalue weighted by Gasteiger charge is 2.33. The molecule has 1 saturated heterocycles. The van der Waals surface area contributed by atoms with Crippen LogP contribution in [0.4, 0.5) is 19.6 Å². The van der Waals surface area contributed by atoms with Crippen molar-refractivity contribution in [1.82, 2.24) is 14.6 Å². The first-order chi connectivity index (χ1) is 12.9. The SMILES string of the molecule is Cc1cc(=O)n2nc(N3CCC[C@H]3C(=O)Nc3ccc(F)cc3F)sc2n1. The first-order valence-corrected chi connectivity index (χ1v) is 9.14. The van der Waals surface area contributed by atoms with Crippen LogP contribution >= 0.6 is 11.3 Å². The number of nitrogens with zero attached hydrogens (tertiary/aromatic N) is 4. The maximum Gasteiger partial charge on any atom is 0.275 e. The predicted molar refractivity (Wildman–Crippen MR) is 97.2 cm³/mol. The van der Waals surface area contributed by atoms with Crippen LogP contribution in [0.3, 0.4) is 0 Å². The van der Waals surface area contributed by atoms with Crippen molar-refractivity contribution < 1.29 is 13.6 Å². The van der Waals surface area contributed by atoms with Gasteiger partial charge in [-0.2, -0.15) is 4.52 Å². The fourth-order valence-electron chi connectivity index (χ4n) is 3.10. The van der Waals surface area contributed by atoms with Crippen molar-refractivity contribution in [2.75, 3.05) is 16.8 Å². The summed E-state index contributed by atoms with van der Waals surface area (Å²) in [6.45, 7) is 2.31. The molecule has 1 aromatic carbocycles. The van der Waals surface area contributed by atoms with Crippen LogP contribution in [-0.4, -0.2) is 33.1 Å². The largest absolute Gasteiger partial charge is 0.335 e. The molecule has 3 aromatic rings. The fraction of sp³-hybridized carbons (Fsp3) is 0.294. The number of amides is 1. The van der Waals surface area contributed by atoms with Gasteiger partial charge in [-0.3, -0.25) is 9.59 Å². The predicted octanol–water partition coefficient (Wildman–Crippen LogP) is 2.35. The molecule has 0 aliphatic carbocycles. The molecular formula is C17H15F2N5O2S. The van der Waals surface area contributed by atoms with Gasteiger partial charge < -0.3 is 10.2 Å². The highest BCUT2D eigenvalue weighted by atomic mass is 32.1. The number of fused-ring (bicyclic) bond motifs is 1. The first kappa shape index (κ1) is 17.5. The Balaban J connectivity index is 1.61. The monoisotopic (exact) mass is 391 g/mol. The highest BCUT2D eigenvalue weighted by molar-refractivity contribution is 7.20. The van der Waals surface area contributed by atoms with E-state index in [9.17, 15) is 18.4 Å². The van der Waals surface area contributed by atoms with Crippen molar-refractivity contribution in [3.05, 3.63) is 51.9 Å². The van der Waals surface area contributed by atoms with E-state index >= 15 is 0 Å². The van der Waals surface area contributed by atoms with Crippen LogP contribution in [0.1, 0.15) is 18.5 Å². The number of benzene rings is 1. The number of hydrogen-bond donors (Lipinski definition) is 1. The quantitative estimate of drug-likeness (QED) is 0.741. The molecule has 1 atom stereocenters. The summed E-state index contributed by atoms with van der Waals surface area (Å²) in [5, 5.41) is 7.29. The molecule has 3 heterocycles. The maximum atomic E-state index is 13.8. The topological polar surface area (TPSA) is 79.6 Å². The third kappa shape index (κ3) is 3.27. The van der Waals surface area contributed by atoms with Gasteiger partial charge in [0.25, 0.3) is 5.56 Å². The lowest BCUT2D eigenvalue weighted by molar-refractivity contribution is -0.117. The van der Waals surface area contributed by atoms with E-state index in [1.165, 1.54) is 28.0 Å². The standard InChI is InChI=1S/C17H15F2N5O2S/c1-9-7-14(25)24-16(20-9)27-17(22-24)23-6-2-3-13(23)15(26)21-12-5-4-10(18)8-11(12)19/h4-5,7-8,13H,2-3,6H2,1H3,(H,21,26)/t13-/m0/s1. The molecule has 1 aliphatic heterocycles. The Labute approximate surface area is 156 Å². The van der Waals surface area contributed by atoms with Gasteiger partial charge in [0.2, 0.25) is 16.0 Å². The van der Waals surface area contributed by atoms with Crippen LogP contribution in [0.25, 0.3) is 4.96 Å². The summed E-state index contributed by atoms with van der Waals surface area (Å²) in [5.74, 6) is -1.96. The molecule has 0 spiro atoms. The van der Waals surface area contributed by atoms with Gasteiger partial charge >= 0.3 is 0 Å². The third-order valence-electron chi connectivity index (χ3n) is 4.35. The van der Waals surface area contributed by atoms with Gasteiger partial charge in [0.1, 0.15) is 17.7 Å². The zero-order valence-electron chi connectivity index (χ0n) is 14.3. The van der Waals surface area contributed by atoms with Gasteiger partial charge in [-0.1, -0.05) is 11.3 Å². The number of halogens is 2. The van der Waals surface area contributed by atoms with Gasteiger partial charge in [0.15, 0.2) is 0 Å². The number of carbonyl (C=O) groups excluding carboxylic acids is 1. The molecule has 0 unspecified atom stereocenters. The molecule has 0 radical (unpaired) electrons. The Hall–Kier alpha value is -2.88. The summed E-state index contributed by atoms with van der Waals surface area (Å²) >= 11 is 1.22. The Morgan fingerprint density at radius 2 is 2.15 bits per heavy atom. The molecule has 0 bridgehead atoms. The summed E-state index contributed by atoms with van der Waals surface area (Å²) in [6.07, 6.45) is 1.31. The number of aromatic nitrogens is 3. The molecule has 0 saturated carbocycles. The van der Waals surface area contributed by atoms with Crippen molar-refractivity contribution in [3.8, 4) is 0 Å². The lowest BCUT2D eigenvalue weighted by atomic mass is 10.2. The summed E-state index contributed by atoms with van der Waals surface area (Å²) in [4.78, 5) is 31.2. The minimum absolute atomic E-state index is 0.0777. The van der Waals surface area contributed by atoms with Crippen LogP contribution in [0, 0.1) is 18.6 Å². The van der Waals surface area contributed by atoms with E-state index < -0.39 is 23.6 Å². The lowest BCUT2D eigenvalue weighted by Crippen LogP contribution is -2.40. The maximum absolute atomic E-state index is 13.8. The average Bonchev–Trinajstić information content (AvgIpc) is 3.23. The van der Waals surface area contributed by atoms with Crippen LogP contribution in [0.2, 0.25) is 0 Å². The van der Waals surface area contributed by atoms with Crippen molar-refractivity contribution in [3.63, 3.8) is 0 Å². The molecular weight excluding hydrogens is 376 g/mol. The van der Waals surface area contributed by atoms with Gasteiger partial charge in [-0.15, -0.1) is 5.10 Å². The van der Waals surface area contributed by atoms with Crippen molar-refractivity contribution >= 4 is 33.0 Å². The van der Waals surface area contributed by atoms with E-state index in [-0.39, 0.29) is 11.2 Å². The minimum Gasteiger partial charge on any atom is -0.335 e. The zero-order valence-corrected chi connectivity index (χ0v) is 15.1. The minimum atomic E-state index is -0.834. The van der Waals surface area contributed by atoms with Crippen LogP contribution in [0.5, 0.6) is 0 Å². The van der Waals surface area contributed by atoms with Crippen molar-refractivity contribution in [1.29, 1.82) is 0 Å². The molecule has 2 aromatic heterocycles. The Bertz CT molecular complexity index is 1100. The van der Waals surface area contributed by atoms with Gasteiger partial charge in [-0.05, 0) is 31.9 Å². The second-order valence-electron chi connectivity index (χ2n) is 6.28. The normalized spacial score (nSPS) is 16.9. The van der Waals surface area contributed by atoms with Gasteiger partial charge in [-0.25, -0.2) is 13.8 Å². The summed E-state index contributed by atoms with van der Waals surface area (Å²) < 4.78 is 28.1. The zero-order chi connectivity index (χ0) is 19.1. The summed E-state index contributed by atoms with van der Waals surface area (Å²) in [7, 11) is 0. The number of hydrogen-bond acceptors (Lipinski definition) is 6. The number of rotatable bonds is 3. The second-order valence-corrected chi connectivity index (χ2v) is 7.21.